The van der Waals surface area contributed by atoms with Crippen LogP contribution in [0.5, 0.6) is 11.5 Å². The van der Waals surface area contributed by atoms with E-state index in [1.807, 2.05) is 0 Å². The topological polar surface area (TPSA) is 112 Å². The number of aromatic hydroxyl groups is 1. The summed E-state index contributed by atoms with van der Waals surface area (Å²) in [6, 6.07) is 12.7. The van der Waals surface area contributed by atoms with Gasteiger partial charge in [-0.1, -0.05) is 17.7 Å². The second-order valence-corrected chi connectivity index (χ2v) is 9.22. The molecule has 0 radical (unpaired) electrons. The van der Waals surface area contributed by atoms with Crippen molar-refractivity contribution in [2.24, 2.45) is 0 Å². The molecule has 0 aliphatic carbocycles. The molecule has 0 spiro atoms. The van der Waals surface area contributed by atoms with E-state index >= 15 is 0 Å². The molecule has 2 aromatic carbocycles. The predicted molar refractivity (Wildman–Crippen MR) is 132 cm³/mol. The van der Waals surface area contributed by atoms with Crippen molar-refractivity contribution in [2.45, 2.75) is 45.5 Å². The van der Waals surface area contributed by atoms with Gasteiger partial charge in [-0.2, -0.15) is 0 Å². The van der Waals surface area contributed by atoms with Crippen LogP contribution in [-0.2, 0) is 19.1 Å². The van der Waals surface area contributed by atoms with E-state index in [1.54, 1.807) is 64.1 Å². The number of hydrogen-bond donors (Lipinski definition) is 1. The monoisotopic (exact) mass is 490 g/mol. The molecular weight excluding hydrogens is 464 g/mol. The fourth-order valence-electron chi connectivity index (χ4n) is 3.98. The van der Waals surface area contributed by atoms with Crippen molar-refractivity contribution >= 4 is 29.0 Å². The Kier molecular flexibility index (Phi) is 6.70. The largest absolute Gasteiger partial charge is 0.508 e. The van der Waals surface area contributed by atoms with E-state index in [4.69, 9.17) is 18.6 Å². The van der Waals surface area contributed by atoms with Crippen molar-refractivity contribution in [3.63, 3.8) is 0 Å². The van der Waals surface area contributed by atoms with Crippen LogP contribution < -0.4 is 10.4 Å². The second kappa shape index (κ2) is 9.73. The van der Waals surface area contributed by atoms with Gasteiger partial charge in [0, 0.05) is 23.6 Å². The lowest BCUT2D eigenvalue weighted by atomic mass is 9.93. The first-order valence-electron chi connectivity index (χ1n) is 11.3. The molecule has 2 heterocycles. The number of esters is 2. The van der Waals surface area contributed by atoms with Gasteiger partial charge in [0.25, 0.3) is 0 Å². The molecule has 2 atom stereocenters. The summed E-state index contributed by atoms with van der Waals surface area (Å²) in [7, 11) is 0. The zero-order valence-electron chi connectivity index (χ0n) is 20.3. The quantitative estimate of drug-likeness (QED) is 0.297. The molecule has 0 amide bonds. The van der Waals surface area contributed by atoms with E-state index in [0.717, 1.165) is 5.57 Å². The van der Waals surface area contributed by atoms with E-state index in [0.29, 0.717) is 22.3 Å². The minimum Gasteiger partial charge on any atom is -0.508 e. The summed E-state index contributed by atoms with van der Waals surface area (Å²) in [6.07, 6.45) is 2.21. The molecule has 0 unspecified atom stereocenters. The van der Waals surface area contributed by atoms with E-state index in [2.05, 4.69) is 0 Å². The first kappa shape index (κ1) is 24.8. The summed E-state index contributed by atoms with van der Waals surface area (Å²) in [6.45, 7) is 6.82. The van der Waals surface area contributed by atoms with Gasteiger partial charge in [-0.3, -0.25) is 0 Å². The van der Waals surface area contributed by atoms with Crippen LogP contribution in [0.15, 0.2) is 75.5 Å². The number of ether oxygens (including phenoxy) is 3. The van der Waals surface area contributed by atoms with Crippen molar-refractivity contribution in [1.29, 1.82) is 0 Å². The van der Waals surface area contributed by atoms with Gasteiger partial charge in [-0.25, -0.2) is 14.4 Å². The molecular formula is C28H26O8. The average molecular weight is 491 g/mol. The van der Waals surface area contributed by atoms with E-state index in [-0.39, 0.29) is 11.3 Å². The molecule has 36 heavy (non-hydrogen) atoms. The molecule has 1 aliphatic heterocycles. The van der Waals surface area contributed by atoms with Crippen molar-refractivity contribution in [3.05, 3.63) is 87.8 Å². The van der Waals surface area contributed by atoms with Crippen LogP contribution in [0.4, 0.5) is 0 Å². The van der Waals surface area contributed by atoms with Crippen LogP contribution in [0.2, 0.25) is 0 Å². The lowest BCUT2D eigenvalue weighted by Gasteiger charge is -2.33. The van der Waals surface area contributed by atoms with Gasteiger partial charge in [0.1, 0.15) is 22.7 Å². The highest BCUT2D eigenvalue weighted by atomic mass is 16.6. The Morgan fingerprint density at radius 2 is 1.69 bits per heavy atom. The summed E-state index contributed by atoms with van der Waals surface area (Å²) < 4.78 is 23.1. The molecule has 3 aromatic rings. The van der Waals surface area contributed by atoms with Gasteiger partial charge in [-0.05, 0) is 69.7 Å². The number of phenols is 1. The zero-order chi connectivity index (χ0) is 26.0. The molecule has 186 valence electrons. The number of benzene rings is 2. The highest BCUT2D eigenvalue weighted by molar-refractivity contribution is 5.88. The van der Waals surface area contributed by atoms with Crippen molar-refractivity contribution in [3.8, 4) is 11.5 Å². The number of rotatable bonds is 6. The molecule has 0 saturated carbocycles. The maximum absolute atomic E-state index is 12.7. The van der Waals surface area contributed by atoms with Crippen molar-refractivity contribution < 1.29 is 33.3 Å². The second-order valence-electron chi connectivity index (χ2n) is 9.22. The third-order valence-electron chi connectivity index (χ3n) is 5.61. The van der Waals surface area contributed by atoms with Gasteiger partial charge >= 0.3 is 17.6 Å². The molecule has 0 bridgehead atoms. The van der Waals surface area contributed by atoms with Crippen LogP contribution in [0.1, 0.15) is 44.9 Å². The number of phenolic OH excluding ortho intramolecular Hbond substituents is 1. The van der Waals surface area contributed by atoms with Gasteiger partial charge in [-0.15, -0.1) is 0 Å². The van der Waals surface area contributed by atoms with Crippen molar-refractivity contribution in [2.75, 3.05) is 0 Å². The minimum absolute atomic E-state index is 0.117. The molecule has 0 saturated heterocycles. The van der Waals surface area contributed by atoms with E-state index in [1.165, 1.54) is 30.4 Å². The third-order valence-corrected chi connectivity index (χ3v) is 5.61. The van der Waals surface area contributed by atoms with Crippen LogP contribution in [0.3, 0.4) is 0 Å². The fourth-order valence-corrected chi connectivity index (χ4v) is 3.98. The highest BCUT2D eigenvalue weighted by Gasteiger charge is 2.50. The number of carbonyl (C=O) groups is 2. The molecule has 8 nitrogen and oxygen atoms in total. The SMILES string of the molecule is CC(C)=CC(=O)O[C@@H]1c2c(ccc3ccc(=O)oc23)O[C@@H]1C(C)(C)OC(=O)/C=C/c1ccc(O)cc1. The Morgan fingerprint density at radius 3 is 2.39 bits per heavy atom. The number of hydrogen-bond acceptors (Lipinski definition) is 8. The Labute approximate surface area is 207 Å². The van der Waals surface area contributed by atoms with Crippen LogP contribution >= 0.6 is 0 Å². The molecule has 0 fully saturated rings. The highest BCUT2D eigenvalue weighted by Crippen LogP contribution is 2.47. The van der Waals surface area contributed by atoms with Gasteiger partial charge in [0.2, 0.25) is 0 Å². The third kappa shape index (κ3) is 5.33. The molecule has 1 N–H and O–H groups in total. The Balaban J connectivity index is 1.66. The summed E-state index contributed by atoms with van der Waals surface area (Å²) in [5.74, 6) is -0.768. The maximum Gasteiger partial charge on any atom is 0.336 e. The molecule has 1 aromatic heterocycles. The van der Waals surface area contributed by atoms with Gasteiger partial charge < -0.3 is 23.7 Å². The molecule has 8 heteroatoms. The number of carbonyl (C=O) groups excluding carboxylic acids is 2. The summed E-state index contributed by atoms with van der Waals surface area (Å²) in [4.78, 5) is 37.3. The smallest absolute Gasteiger partial charge is 0.336 e. The average Bonchev–Trinajstić information content (AvgIpc) is 3.17. The molecule has 4 rings (SSSR count). The summed E-state index contributed by atoms with van der Waals surface area (Å²) >= 11 is 0. The Hall–Kier alpha value is -4.33. The fraction of sp³-hybridized carbons (Fsp3) is 0.250. The first-order chi connectivity index (χ1) is 17.0. The lowest BCUT2D eigenvalue weighted by Crippen LogP contribution is -2.46. The van der Waals surface area contributed by atoms with Crippen LogP contribution in [0, 0.1) is 0 Å². The first-order valence-corrected chi connectivity index (χ1v) is 11.3. The normalized spacial score (nSPS) is 16.9. The standard InChI is InChI=1S/C28H26O8/c1-16(2)15-23(32)35-26-24-20(12-8-18-9-14-21(30)34-25(18)24)33-27(26)28(3,4)36-22(31)13-7-17-5-10-19(29)11-6-17/h5-15,26-27,29H,1-4H3/b13-7+/t26-,27+/m1/s1. The predicted octanol–water partition coefficient (Wildman–Crippen LogP) is 4.85. The van der Waals surface area contributed by atoms with Gasteiger partial charge in [0.15, 0.2) is 12.2 Å². The van der Waals surface area contributed by atoms with Crippen LogP contribution in [0.25, 0.3) is 17.0 Å². The van der Waals surface area contributed by atoms with E-state index < -0.39 is 35.4 Å². The summed E-state index contributed by atoms with van der Waals surface area (Å²) in [5.41, 5.74) is 0.264. The van der Waals surface area contributed by atoms with Gasteiger partial charge in [0.05, 0.1) is 5.56 Å². The maximum atomic E-state index is 12.7. The zero-order valence-corrected chi connectivity index (χ0v) is 20.3. The molecule has 1 aliphatic rings. The number of allylic oxidation sites excluding steroid dienone is 1. The Bertz CT molecular complexity index is 1420. The summed E-state index contributed by atoms with van der Waals surface area (Å²) in [5, 5.41) is 10.0. The minimum atomic E-state index is -1.26. The van der Waals surface area contributed by atoms with Crippen molar-refractivity contribution in [1.82, 2.24) is 0 Å². The van der Waals surface area contributed by atoms with E-state index in [9.17, 15) is 19.5 Å². The lowest BCUT2D eigenvalue weighted by molar-refractivity contribution is -0.171. The van der Waals surface area contributed by atoms with Crippen LogP contribution in [-0.4, -0.2) is 28.8 Å². The Morgan fingerprint density at radius 1 is 1.00 bits per heavy atom. The number of fused-ring (bicyclic) bond motifs is 3.